The van der Waals surface area contributed by atoms with Crippen molar-refractivity contribution in [2.75, 3.05) is 12.0 Å². The maximum Gasteiger partial charge on any atom is 0.279 e. The van der Waals surface area contributed by atoms with Crippen molar-refractivity contribution in [3.05, 3.63) is 57.9 Å². The van der Waals surface area contributed by atoms with Crippen molar-refractivity contribution in [1.82, 2.24) is 4.57 Å². The number of carbonyl (C=O) groups is 1. The molecule has 0 radical (unpaired) electrons. The smallest absolute Gasteiger partial charge is 0.279 e. The van der Waals surface area contributed by atoms with Crippen LogP contribution in [0.2, 0.25) is 0 Å². The Kier molecular flexibility index (Phi) is 6.89. The second-order valence-corrected chi connectivity index (χ2v) is 12.0. The van der Waals surface area contributed by atoms with E-state index in [1.165, 1.54) is 29.0 Å². The summed E-state index contributed by atoms with van der Waals surface area (Å²) in [5.74, 6) is 0.470. The molecule has 3 aromatic rings. The zero-order valence-electron chi connectivity index (χ0n) is 17.8. The average molecular weight is 463 g/mol. The molecule has 0 saturated heterocycles. The van der Waals surface area contributed by atoms with Gasteiger partial charge in [0.15, 0.2) is 14.6 Å². The molecule has 0 aliphatic rings. The van der Waals surface area contributed by atoms with E-state index in [4.69, 9.17) is 0 Å². The number of hydrogen-bond donors (Lipinski definition) is 0. The highest BCUT2D eigenvalue weighted by molar-refractivity contribution is 7.98. The summed E-state index contributed by atoms with van der Waals surface area (Å²) in [6, 6.07) is 10.4. The Balaban J connectivity index is 2.13. The van der Waals surface area contributed by atoms with Gasteiger partial charge in [0.25, 0.3) is 5.91 Å². The summed E-state index contributed by atoms with van der Waals surface area (Å²) >= 11 is 3.23. The van der Waals surface area contributed by atoms with Crippen LogP contribution in [0.1, 0.15) is 35.3 Å². The molecule has 160 valence electrons. The quantitative estimate of drug-likeness (QED) is 0.537. The van der Waals surface area contributed by atoms with Crippen LogP contribution in [0.3, 0.4) is 0 Å². The van der Waals surface area contributed by atoms with Gasteiger partial charge in [-0.15, -0.1) is 0 Å². The van der Waals surface area contributed by atoms with Crippen LogP contribution in [0.4, 0.5) is 0 Å². The molecule has 0 spiro atoms. The first kappa shape index (κ1) is 22.8. The number of thioether (sulfide) groups is 1. The van der Waals surface area contributed by atoms with Crippen LogP contribution in [0.15, 0.2) is 46.3 Å². The molecule has 5 nitrogen and oxygen atoms in total. The molecule has 0 aliphatic heterocycles. The average Bonchev–Trinajstić information content (AvgIpc) is 3.03. The fourth-order valence-corrected chi connectivity index (χ4v) is 5.80. The van der Waals surface area contributed by atoms with E-state index >= 15 is 0 Å². The number of aromatic nitrogens is 1. The number of thiazole rings is 1. The number of rotatable bonds is 6. The first-order valence-corrected chi connectivity index (χ1v) is 13.4. The van der Waals surface area contributed by atoms with Crippen molar-refractivity contribution in [2.45, 2.75) is 44.4 Å². The van der Waals surface area contributed by atoms with Gasteiger partial charge in [-0.2, -0.15) is 16.8 Å². The zero-order chi connectivity index (χ0) is 22.1. The summed E-state index contributed by atoms with van der Waals surface area (Å²) in [5.41, 5.74) is 3.68. The minimum Gasteiger partial charge on any atom is -0.315 e. The third-order valence-corrected chi connectivity index (χ3v) is 8.83. The van der Waals surface area contributed by atoms with Crippen LogP contribution in [-0.4, -0.2) is 36.2 Å². The molecule has 0 atom stereocenters. The molecule has 1 amide bonds. The lowest BCUT2D eigenvalue weighted by molar-refractivity contribution is 0.0997. The lowest BCUT2D eigenvalue weighted by Crippen LogP contribution is -2.18. The maximum absolute atomic E-state index is 12.9. The van der Waals surface area contributed by atoms with E-state index in [-0.39, 0.29) is 10.5 Å². The molecule has 0 aliphatic carbocycles. The number of aryl methyl sites for hydroxylation is 3. The molecule has 2 aromatic carbocycles. The van der Waals surface area contributed by atoms with Crippen LogP contribution in [0.25, 0.3) is 10.2 Å². The lowest BCUT2D eigenvalue weighted by atomic mass is 10.1. The van der Waals surface area contributed by atoms with Crippen molar-refractivity contribution in [2.24, 2.45) is 4.99 Å². The Hall–Kier alpha value is -1.90. The Labute approximate surface area is 185 Å². The SMILES string of the molecule is CSCCn1c(=NC(=O)c2cccc(S(=O)(=O)C(C)C)c2)sc2c(C)cc(C)cc21. The standard InChI is InChI=1S/C22H26N2O3S3/c1-14(2)30(26,27)18-8-6-7-17(13-18)21(25)23-22-24(9-10-28-5)19-12-15(3)11-16(4)20(19)29-22/h6-8,11-14H,9-10H2,1-5H3. The Morgan fingerprint density at radius 3 is 2.60 bits per heavy atom. The van der Waals surface area contributed by atoms with Gasteiger partial charge in [-0.1, -0.05) is 23.5 Å². The molecule has 1 heterocycles. The largest absolute Gasteiger partial charge is 0.315 e. The summed E-state index contributed by atoms with van der Waals surface area (Å²) in [7, 11) is -3.46. The molecule has 0 fully saturated rings. The van der Waals surface area contributed by atoms with Gasteiger partial charge in [0.05, 0.1) is 20.4 Å². The number of carbonyl (C=O) groups excluding carboxylic acids is 1. The highest BCUT2D eigenvalue weighted by Crippen LogP contribution is 2.24. The van der Waals surface area contributed by atoms with Gasteiger partial charge < -0.3 is 4.57 Å². The molecule has 3 rings (SSSR count). The van der Waals surface area contributed by atoms with E-state index in [2.05, 4.69) is 35.5 Å². The van der Waals surface area contributed by atoms with Gasteiger partial charge in [0.2, 0.25) is 0 Å². The molecular formula is C22H26N2O3S3. The molecule has 30 heavy (non-hydrogen) atoms. The topological polar surface area (TPSA) is 68.5 Å². The van der Waals surface area contributed by atoms with Crippen LogP contribution in [0, 0.1) is 13.8 Å². The van der Waals surface area contributed by atoms with Crippen LogP contribution < -0.4 is 4.80 Å². The maximum atomic E-state index is 12.9. The van der Waals surface area contributed by atoms with E-state index in [0.717, 1.165) is 28.1 Å². The predicted molar refractivity (Wildman–Crippen MR) is 126 cm³/mol. The molecule has 0 saturated carbocycles. The summed E-state index contributed by atoms with van der Waals surface area (Å²) < 4.78 is 28.2. The Morgan fingerprint density at radius 2 is 1.93 bits per heavy atom. The van der Waals surface area contributed by atoms with Crippen molar-refractivity contribution in [3.63, 3.8) is 0 Å². The first-order valence-electron chi connectivity index (χ1n) is 9.67. The van der Waals surface area contributed by atoms with Crippen molar-refractivity contribution in [3.8, 4) is 0 Å². The highest BCUT2D eigenvalue weighted by Gasteiger charge is 2.20. The number of nitrogens with zero attached hydrogens (tertiary/aromatic N) is 2. The molecule has 0 N–H and O–H groups in total. The lowest BCUT2D eigenvalue weighted by Gasteiger charge is -2.08. The van der Waals surface area contributed by atoms with Crippen LogP contribution in [-0.2, 0) is 16.4 Å². The van der Waals surface area contributed by atoms with Gasteiger partial charge >= 0.3 is 0 Å². The molecule has 0 bridgehead atoms. The fourth-order valence-electron chi connectivity index (χ4n) is 3.23. The fraction of sp³-hybridized carbons (Fsp3) is 0.364. The second-order valence-electron chi connectivity index (χ2n) is 7.50. The van der Waals surface area contributed by atoms with Crippen molar-refractivity contribution >= 4 is 49.1 Å². The summed E-state index contributed by atoms with van der Waals surface area (Å²) in [6.07, 6.45) is 2.05. The van der Waals surface area contributed by atoms with E-state index in [1.807, 2.05) is 6.26 Å². The Morgan fingerprint density at radius 1 is 1.20 bits per heavy atom. The van der Waals surface area contributed by atoms with Crippen molar-refractivity contribution < 1.29 is 13.2 Å². The predicted octanol–water partition coefficient (Wildman–Crippen LogP) is 4.61. The first-order chi connectivity index (χ1) is 14.1. The van der Waals surface area contributed by atoms with Crippen molar-refractivity contribution in [1.29, 1.82) is 0 Å². The third-order valence-electron chi connectivity index (χ3n) is 4.86. The zero-order valence-corrected chi connectivity index (χ0v) is 20.2. The minimum absolute atomic E-state index is 0.150. The molecule has 0 unspecified atom stereocenters. The van der Waals surface area contributed by atoms with Gasteiger partial charge in [-0.05, 0) is 69.3 Å². The Bertz CT molecular complexity index is 1270. The van der Waals surface area contributed by atoms with E-state index < -0.39 is 21.0 Å². The highest BCUT2D eigenvalue weighted by atomic mass is 32.2. The summed E-state index contributed by atoms with van der Waals surface area (Å²) in [4.78, 5) is 18.1. The third kappa shape index (κ3) is 4.55. The number of benzene rings is 2. The number of sulfone groups is 1. The van der Waals surface area contributed by atoms with Gasteiger partial charge in [-0.3, -0.25) is 4.79 Å². The molecule has 8 heteroatoms. The van der Waals surface area contributed by atoms with Gasteiger partial charge in [-0.25, -0.2) is 8.42 Å². The van der Waals surface area contributed by atoms with E-state index in [9.17, 15) is 13.2 Å². The molecular weight excluding hydrogens is 436 g/mol. The normalized spacial score (nSPS) is 12.8. The summed E-state index contributed by atoms with van der Waals surface area (Å²) in [6.45, 7) is 8.13. The van der Waals surface area contributed by atoms with E-state index in [0.29, 0.717) is 4.80 Å². The van der Waals surface area contributed by atoms with Crippen LogP contribution >= 0.6 is 23.1 Å². The molecule has 1 aromatic heterocycles. The van der Waals surface area contributed by atoms with Crippen LogP contribution in [0.5, 0.6) is 0 Å². The van der Waals surface area contributed by atoms with E-state index in [1.54, 1.807) is 37.7 Å². The van der Waals surface area contributed by atoms with Gasteiger partial charge in [0, 0.05) is 17.9 Å². The number of fused-ring (bicyclic) bond motifs is 1. The number of hydrogen-bond acceptors (Lipinski definition) is 5. The minimum atomic E-state index is -3.46. The monoisotopic (exact) mass is 462 g/mol. The van der Waals surface area contributed by atoms with Gasteiger partial charge in [0.1, 0.15) is 0 Å². The summed E-state index contributed by atoms with van der Waals surface area (Å²) in [5, 5.41) is -0.553. The number of amides is 1. The second kappa shape index (κ2) is 9.08.